The summed E-state index contributed by atoms with van der Waals surface area (Å²) in [6.07, 6.45) is 2.70. The first-order valence-corrected chi connectivity index (χ1v) is 12.5. The first kappa shape index (κ1) is 21.5. The monoisotopic (exact) mass is 458 g/mol. The molecule has 3 aromatic rings. The Labute approximate surface area is 185 Å². The molecular formula is C21H22N4O4S2. The number of carbonyl (C=O) groups is 1. The summed E-state index contributed by atoms with van der Waals surface area (Å²) in [6.45, 7) is 0.560. The molecule has 1 N–H and O–H groups in total. The van der Waals surface area contributed by atoms with E-state index in [1.165, 1.54) is 16.1 Å². The van der Waals surface area contributed by atoms with Gasteiger partial charge in [0.1, 0.15) is 0 Å². The number of anilines is 1. The van der Waals surface area contributed by atoms with Crippen molar-refractivity contribution in [2.45, 2.75) is 22.6 Å². The number of amides is 1. The summed E-state index contributed by atoms with van der Waals surface area (Å²) >= 11 is 1.40. The summed E-state index contributed by atoms with van der Waals surface area (Å²) in [5.41, 5.74) is 0.763. The maximum absolute atomic E-state index is 13.1. The van der Waals surface area contributed by atoms with Crippen LogP contribution in [0.25, 0.3) is 11.5 Å². The van der Waals surface area contributed by atoms with Gasteiger partial charge in [0, 0.05) is 29.5 Å². The zero-order chi connectivity index (χ0) is 21.8. The molecule has 1 fully saturated rings. The van der Waals surface area contributed by atoms with Gasteiger partial charge in [0.05, 0.1) is 4.90 Å². The smallest absolute Gasteiger partial charge is 0.322 e. The van der Waals surface area contributed by atoms with Crippen LogP contribution in [0.2, 0.25) is 0 Å². The van der Waals surface area contributed by atoms with E-state index in [2.05, 4.69) is 15.5 Å². The SMILES string of the molecule is CSc1ccccc1S(=O)(=O)N1CCC(C(=O)Nc2nnc(-c3ccccc3)o2)CC1. The minimum absolute atomic E-state index is 0.0350. The van der Waals surface area contributed by atoms with Gasteiger partial charge in [-0.2, -0.15) is 4.31 Å². The zero-order valence-electron chi connectivity index (χ0n) is 16.9. The second-order valence-electron chi connectivity index (χ2n) is 7.10. The Morgan fingerprint density at radius 2 is 1.74 bits per heavy atom. The molecule has 0 aliphatic carbocycles. The third kappa shape index (κ3) is 4.65. The van der Waals surface area contributed by atoms with Gasteiger partial charge in [0.15, 0.2) is 0 Å². The molecule has 2 aromatic carbocycles. The summed E-state index contributed by atoms with van der Waals surface area (Å²) in [5.74, 6) is -0.247. The molecule has 0 spiro atoms. The van der Waals surface area contributed by atoms with Gasteiger partial charge in [0.25, 0.3) is 0 Å². The molecule has 1 aliphatic rings. The van der Waals surface area contributed by atoms with Crippen LogP contribution in [0.5, 0.6) is 0 Å². The summed E-state index contributed by atoms with van der Waals surface area (Å²) in [4.78, 5) is 13.7. The van der Waals surface area contributed by atoms with E-state index < -0.39 is 10.0 Å². The second kappa shape index (κ2) is 9.21. The fourth-order valence-electron chi connectivity index (χ4n) is 3.51. The van der Waals surface area contributed by atoms with E-state index in [1.807, 2.05) is 42.7 Å². The van der Waals surface area contributed by atoms with Crippen molar-refractivity contribution in [2.24, 2.45) is 5.92 Å². The van der Waals surface area contributed by atoms with Gasteiger partial charge in [-0.1, -0.05) is 35.4 Å². The molecule has 0 bridgehead atoms. The first-order valence-electron chi connectivity index (χ1n) is 9.82. The lowest BCUT2D eigenvalue weighted by molar-refractivity contribution is -0.121. The van der Waals surface area contributed by atoms with E-state index in [4.69, 9.17) is 4.42 Å². The van der Waals surface area contributed by atoms with Crippen LogP contribution in [0.3, 0.4) is 0 Å². The molecule has 4 rings (SSSR count). The van der Waals surface area contributed by atoms with Crippen molar-refractivity contribution in [3.8, 4) is 11.5 Å². The largest absolute Gasteiger partial charge is 0.403 e. The quantitative estimate of drug-likeness (QED) is 0.564. The van der Waals surface area contributed by atoms with Gasteiger partial charge in [-0.3, -0.25) is 10.1 Å². The molecule has 2 heterocycles. The molecule has 8 nitrogen and oxygen atoms in total. The summed E-state index contributed by atoms with van der Waals surface area (Å²) < 4.78 is 33.1. The minimum Gasteiger partial charge on any atom is -0.403 e. The van der Waals surface area contributed by atoms with Crippen LogP contribution in [-0.4, -0.2) is 48.2 Å². The lowest BCUT2D eigenvalue weighted by Gasteiger charge is -2.30. The van der Waals surface area contributed by atoms with Crippen molar-refractivity contribution >= 4 is 33.7 Å². The molecule has 1 saturated heterocycles. The third-order valence-corrected chi connectivity index (χ3v) is 8.07. The highest BCUT2D eigenvalue weighted by atomic mass is 32.2. The van der Waals surface area contributed by atoms with E-state index in [1.54, 1.807) is 18.2 Å². The fourth-order valence-corrected chi connectivity index (χ4v) is 6.10. The number of carbonyl (C=O) groups excluding carboxylic acids is 1. The molecule has 162 valence electrons. The molecule has 1 amide bonds. The van der Waals surface area contributed by atoms with Gasteiger partial charge in [-0.25, -0.2) is 8.42 Å². The van der Waals surface area contributed by atoms with Crippen LogP contribution in [0.4, 0.5) is 6.01 Å². The number of sulfonamides is 1. The molecule has 31 heavy (non-hydrogen) atoms. The highest BCUT2D eigenvalue weighted by Crippen LogP contribution is 2.30. The summed E-state index contributed by atoms with van der Waals surface area (Å²) in [7, 11) is -3.60. The van der Waals surface area contributed by atoms with Crippen molar-refractivity contribution < 1.29 is 17.6 Å². The Balaban J connectivity index is 1.38. The lowest BCUT2D eigenvalue weighted by atomic mass is 9.97. The van der Waals surface area contributed by atoms with E-state index in [0.29, 0.717) is 28.5 Å². The van der Waals surface area contributed by atoms with Crippen molar-refractivity contribution in [1.29, 1.82) is 0 Å². The maximum atomic E-state index is 13.1. The topological polar surface area (TPSA) is 105 Å². The number of hydrogen-bond acceptors (Lipinski definition) is 7. The average Bonchev–Trinajstić information content (AvgIpc) is 3.28. The van der Waals surface area contributed by atoms with Gasteiger partial charge in [-0.05, 0) is 43.4 Å². The van der Waals surface area contributed by atoms with Crippen LogP contribution in [0, 0.1) is 5.92 Å². The van der Waals surface area contributed by atoms with E-state index in [0.717, 1.165) is 5.56 Å². The lowest BCUT2D eigenvalue weighted by Crippen LogP contribution is -2.41. The van der Waals surface area contributed by atoms with Crippen LogP contribution >= 0.6 is 11.8 Å². The Hall–Kier alpha value is -2.69. The predicted molar refractivity (Wildman–Crippen MR) is 118 cm³/mol. The number of benzene rings is 2. The molecular weight excluding hydrogens is 436 g/mol. The van der Waals surface area contributed by atoms with E-state index >= 15 is 0 Å². The zero-order valence-corrected chi connectivity index (χ0v) is 18.5. The second-order valence-corrected chi connectivity index (χ2v) is 9.85. The number of hydrogen-bond donors (Lipinski definition) is 1. The van der Waals surface area contributed by atoms with Gasteiger partial charge in [0.2, 0.25) is 21.8 Å². The standard InChI is InChI=1S/C21H22N4O4S2/c1-30-17-9-5-6-10-18(17)31(27,28)25-13-11-15(12-14-25)19(26)22-21-24-23-20(29-21)16-7-3-2-4-8-16/h2-10,15H,11-14H2,1H3,(H,22,24,26). The van der Waals surface area contributed by atoms with Crippen LogP contribution in [0.1, 0.15) is 12.8 Å². The Kier molecular flexibility index (Phi) is 6.40. The Morgan fingerprint density at radius 1 is 1.06 bits per heavy atom. The van der Waals surface area contributed by atoms with Gasteiger partial charge < -0.3 is 4.42 Å². The fraction of sp³-hybridized carbons (Fsp3) is 0.286. The maximum Gasteiger partial charge on any atom is 0.322 e. The number of piperidine rings is 1. The molecule has 1 aliphatic heterocycles. The summed E-state index contributed by atoms with van der Waals surface area (Å²) in [6, 6.07) is 16.3. The van der Waals surface area contributed by atoms with Gasteiger partial charge >= 0.3 is 6.01 Å². The van der Waals surface area contributed by atoms with Crippen molar-refractivity contribution in [2.75, 3.05) is 24.7 Å². The third-order valence-electron chi connectivity index (χ3n) is 5.19. The van der Waals surface area contributed by atoms with Crippen molar-refractivity contribution in [3.05, 3.63) is 54.6 Å². The molecule has 0 atom stereocenters. The van der Waals surface area contributed by atoms with Crippen molar-refractivity contribution in [1.82, 2.24) is 14.5 Å². The van der Waals surface area contributed by atoms with Crippen molar-refractivity contribution in [3.63, 3.8) is 0 Å². The molecule has 0 unspecified atom stereocenters. The van der Waals surface area contributed by atoms with E-state index in [9.17, 15) is 13.2 Å². The highest BCUT2D eigenvalue weighted by Gasteiger charge is 2.33. The number of nitrogens with one attached hydrogen (secondary N) is 1. The van der Waals surface area contributed by atoms with Crippen LogP contribution < -0.4 is 5.32 Å². The minimum atomic E-state index is -3.60. The predicted octanol–water partition coefficient (Wildman–Crippen LogP) is 3.50. The molecule has 1 aromatic heterocycles. The molecule has 0 radical (unpaired) electrons. The first-order chi connectivity index (χ1) is 15.0. The molecule has 0 saturated carbocycles. The van der Waals surface area contributed by atoms with Crippen LogP contribution in [-0.2, 0) is 14.8 Å². The Morgan fingerprint density at radius 3 is 2.45 bits per heavy atom. The number of rotatable bonds is 6. The number of thioether (sulfide) groups is 1. The highest BCUT2D eigenvalue weighted by molar-refractivity contribution is 7.99. The normalized spacial score (nSPS) is 15.6. The summed E-state index contributed by atoms with van der Waals surface area (Å²) in [5, 5.41) is 10.5. The van der Waals surface area contributed by atoms with Gasteiger partial charge in [-0.15, -0.1) is 16.9 Å². The number of nitrogens with zero attached hydrogens (tertiary/aromatic N) is 3. The van der Waals surface area contributed by atoms with E-state index in [-0.39, 0.29) is 30.9 Å². The average molecular weight is 459 g/mol. The Bertz CT molecular complexity index is 1160. The number of aromatic nitrogens is 2. The molecule has 10 heteroatoms. The van der Waals surface area contributed by atoms with Crippen LogP contribution in [0.15, 0.2) is 68.8 Å².